The van der Waals surface area contributed by atoms with Gasteiger partial charge >= 0.3 is 5.69 Å². The van der Waals surface area contributed by atoms with E-state index >= 15 is 0 Å². The van der Waals surface area contributed by atoms with Crippen LogP contribution in [0.1, 0.15) is 49.3 Å². The van der Waals surface area contributed by atoms with Gasteiger partial charge in [0.05, 0.1) is 17.3 Å². The van der Waals surface area contributed by atoms with E-state index in [4.69, 9.17) is 8.94 Å². The number of amides is 1. The number of carbonyl (C=O) groups excluding carboxylic acids is 1. The maximum atomic E-state index is 12.1. The average Bonchev–Trinajstić information content (AvgIpc) is 3.39. The summed E-state index contributed by atoms with van der Waals surface area (Å²) < 4.78 is 12.0. The minimum Gasteiger partial charge on any atom is -0.459 e. The number of fused-ring (bicyclic) bond motifs is 1. The van der Waals surface area contributed by atoms with Gasteiger partial charge in [-0.3, -0.25) is 9.36 Å². The molecule has 1 amide bonds. The molecule has 1 unspecified atom stereocenters. The maximum Gasteiger partial charge on any atom is 0.326 e. The predicted molar refractivity (Wildman–Crippen MR) is 101 cm³/mol. The number of rotatable bonds is 5. The van der Waals surface area contributed by atoms with Gasteiger partial charge in [0.25, 0.3) is 5.91 Å². The number of hydrogen-bond acceptors (Lipinski definition) is 6. The summed E-state index contributed by atoms with van der Waals surface area (Å²) in [5.74, 6) is 0.472. The van der Waals surface area contributed by atoms with Gasteiger partial charge < -0.3 is 19.2 Å². The number of hydrogen-bond donors (Lipinski definition) is 2. The molecule has 0 fully saturated rings. The van der Waals surface area contributed by atoms with Gasteiger partial charge in [-0.1, -0.05) is 5.16 Å². The first kappa shape index (κ1) is 17.8. The number of carbonyl (C=O) groups is 1. The van der Waals surface area contributed by atoms with E-state index in [1.54, 1.807) is 29.7 Å². The summed E-state index contributed by atoms with van der Waals surface area (Å²) >= 11 is 0. The van der Waals surface area contributed by atoms with Crippen molar-refractivity contribution < 1.29 is 13.7 Å². The third-order valence-corrected chi connectivity index (χ3v) is 4.40. The van der Waals surface area contributed by atoms with Crippen LogP contribution in [0.15, 0.2) is 50.3 Å². The molecule has 0 spiro atoms. The zero-order valence-electron chi connectivity index (χ0n) is 15.6. The summed E-state index contributed by atoms with van der Waals surface area (Å²) in [7, 11) is 0. The molecule has 9 nitrogen and oxygen atoms in total. The molecule has 0 saturated heterocycles. The Kier molecular flexibility index (Phi) is 4.34. The molecule has 0 bridgehead atoms. The van der Waals surface area contributed by atoms with Gasteiger partial charge in [0.2, 0.25) is 11.7 Å². The highest BCUT2D eigenvalue weighted by molar-refractivity contribution is 5.91. The fourth-order valence-corrected chi connectivity index (χ4v) is 3.05. The first-order valence-electron chi connectivity index (χ1n) is 8.86. The molecule has 0 radical (unpaired) electrons. The third kappa shape index (κ3) is 3.11. The Labute approximate surface area is 159 Å². The van der Waals surface area contributed by atoms with Crippen LogP contribution in [0.5, 0.6) is 0 Å². The van der Waals surface area contributed by atoms with Gasteiger partial charge in [0.1, 0.15) is 6.04 Å². The zero-order chi connectivity index (χ0) is 19.8. The van der Waals surface area contributed by atoms with Crippen LogP contribution in [-0.4, -0.2) is 25.6 Å². The van der Waals surface area contributed by atoms with E-state index < -0.39 is 6.04 Å². The van der Waals surface area contributed by atoms with Crippen molar-refractivity contribution in [3.05, 3.63) is 58.7 Å². The van der Waals surface area contributed by atoms with Gasteiger partial charge in [-0.15, -0.1) is 0 Å². The number of aromatic amines is 1. The molecule has 4 aromatic rings. The molecular formula is C19H19N5O4. The predicted octanol–water partition coefficient (Wildman–Crippen LogP) is 3.04. The van der Waals surface area contributed by atoms with Gasteiger partial charge in [-0.2, -0.15) is 4.98 Å². The van der Waals surface area contributed by atoms with Crippen molar-refractivity contribution in [2.75, 3.05) is 0 Å². The number of benzene rings is 1. The minimum absolute atomic E-state index is 0.0440. The highest BCUT2D eigenvalue weighted by Gasteiger charge is 2.20. The van der Waals surface area contributed by atoms with Crippen LogP contribution in [0.4, 0.5) is 0 Å². The lowest BCUT2D eigenvalue weighted by Crippen LogP contribution is -2.26. The lowest BCUT2D eigenvalue weighted by molar-refractivity contribution is 0.0904. The Hall–Kier alpha value is -3.62. The smallest absolute Gasteiger partial charge is 0.326 e. The summed E-state index contributed by atoms with van der Waals surface area (Å²) in [6, 6.07) is 8.23. The molecule has 0 saturated carbocycles. The second-order valence-corrected chi connectivity index (χ2v) is 6.75. The van der Waals surface area contributed by atoms with Crippen LogP contribution in [0, 0.1) is 0 Å². The summed E-state index contributed by atoms with van der Waals surface area (Å²) in [6.07, 6.45) is 1.43. The number of H-pyrrole nitrogens is 1. The van der Waals surface area contributed by atoms with Gasteiger partial charge in [-0.05, 0) is 51.1 Å². The average molecular weight is 381 g/mol. The molecule has 2 N–H and O–H groups in total. The molecule has 1 aromatic carbocycles. The topological polar surface area (TPSA) is 119 Å². The fraction of sp³-hybridized carbons (Fsp3) is 0.263. The molecule has 144 valence electrons. The van der Waals surface area contributed by atoms with Crippen molar-refractivity contribution in [2.24, 2.45) is 0 Å². The molecular weight excluding hydrogens is 362 g/mol. The second kappa shape index (κ2) is 6.84. The molecule has 3 heterocycles. The van der Waals surface area contributed by atoms with Crippen LogP contribution in [0.3, 0.4) is 0 Å². The highest BCUT2D eigenvalue weighted by atomic mass is 16.5. The van der Waals surface area contributed by atoms with Crippen LogP contribution in [-0.2, 0) is 0 Å². The van der Waals surface area contributed by atoms with Crippen molar-refractivity contribution in [1.29, 1.82) is 0 Å². The first-order valence-corrected chi connectivity index (χ1v) is 8.86. The van der Waals surface area contributed by atoms with Gasteiger partial charge in [0.15, 0.2) is 5.76 Å². The molecule has 0 aliphatic rings. The van der Waals surface area contributed by atoms with E-state index in [1.807, 2.05) is 26.0 Å². The molecule has 3 aromatic heterocycles. The van der Waals surface area contributed by atoms with Gasteiger partial charge in [0, 0.05) is 11.6 Å². The van der Waals surface area contributed by atoms with E-state index in [1.165, 1.54) is 6.26 Å². The van der Waals surface area contributed by atoms with Crippen LogP contribution >= 0.6 is 0 Å². The van der Waals surface area contributed by atoms with Crippen molar-refractivity contribution in [3.8, 4) is 11.4 Å². The molecule has 1 atom stereocenters. The number of aromatic nitrogens is 4. The largest absolute Gasteiger partial charge is 0.459 e. The zero-order valence-corrected chi connectivity index (χ0v) is 15.6. The molecule has 9 heteroatoms. The lowest BCUT2D eigenvalue weighted by atomic mass is 10.2. The monoisotopic (exact) mass is 381 g/mol. The quantitative estimate of drug-likeness (QED) is 0.548. The molecule has 0 aliphatic carbocycles. The third-order valence-electron chi connectivity index (χ3n) is 4.40. The van der Waals surface area contributed by atoms with Crippen LogP contribution < -0.4 is 11.0 Å². The van der Waals surface area contributed by atoms with E-state index in [2.05, 4.69) is 20.4 Å². The van der Waals surface area contributed by atoms with Crippen molar-refractivity contribution in [3.63, 3.8) is 0 Å². The first-order chi connectivity index (χ1) is 13.4. The van der Waals surface area contributed by atoms with Crippen LogP contribution in [0.25, 0.3) is 22.4 Å². The van der Waals surface area contributed by atoms with Gasteiger partial charge in [-0.25, -0.2) is 4.79 Å². The Balaban J connectivity index is 1.58. The van der Waals surface area contributed by atoms with E-state index in [-0.39, 0.29) is 29.3 Å². The normalized spacial score (nSPS) is 12.6. The SMILES string of the molecule is CC(NC(=O)c1ccco1)c1nc(-c2ccc3c(c2)[nH]c(=O)n3C(C)C)no1. The standard InChI is InChI=1S/C19H19N5O4/c1-10(2)24-14-7-6-12(9-13(14)21-19(24)26)16-22-18(28-23-16)11(3)20-17(25)15-5-4-8-27-15/h4-11H,1-3H3,(H,20,25)(H,21,26). The van der Waals surface area contributed by atoms with E-state index in [0.29, 0.717) is 16.9 Å². The number of nitrogens with zero attached hydrogens (tertiary/aromatic N) is 3. The van der Waals surface area contributed by atoms with Crippen LogP contribution in [0.2, 0.25) is 0 Å². The Bertz CT molecular complexity index is 1180. The molecule has 0 aliphatic heterocycles. The van der Waals surface area contributed by atoms with E-state index in [0.717, 1.165) is 5.52 Å². The molecule has 28 heavy (non-hydrogen) atoms. The number of nitrogens with one attached hydrogen (secondary N) is 2. The van der Waals surface area contributed by atoms with E-state index in [9.17, 15) is 9.59 Å². The number of imidazole rings is 1. The Morgan fingerprint density at radius 2 is 2.07 bits per heavy atom. The van der Waals surface area contributed by atoms with Crippen molar-refractivity contribution >= 4 is 16.9 Å². The second-order valence-electron chi connectivity index (χ2n) is 6.75. The lowest BCUT2D eigenvalue weighted by Gasteiger charge is -2.07. The molecule has 4 rings (SSSR count). The minimum atomic E-state index is -0.496. The fourth-order valence-electron chi connectivity index (χ4n) is 3.05. The van der Waals surface area contributed by atoms with Crippen molar-refractivity contribution in [1.82, 2.24) is 25.0 Å². The summed E-state index contributed by atoms with van der Waals surface area (Å²) in [4.78, 5) is 31.4. The Morgan fingerprint density at radius 1 is 1.25 bits per heavy atom. The number of furan rings is 1. The highest BCUT2D eigenvalue weighted by Crippen LogP contribution is 2.23. The van der Waals surface area contributed by atoms with Crippen molar-refractivity contribution in [2.45, 2.75) is 32.9 Å². The summed E-state index contributed by atoms with van der Waals surface area (Å²) in [5.41, 5.74) is 2.04. The summed E-state index contributed by atoms with van der Waals surface area (Å²) in [6.45, 7) is 5.64. The summed E-state index contributed by atoms with van der Waals surface area (Å²) in [5, 5.41) is 6.73. The maximum absolute atomic E-state index is 12.1. The Morgan fingerprint density at radius 3 is 2.79 bits per heavy atom.